The van der Waals surface area contributed by atoms with Gasteiger partial charge in [0, 0.05) is 38.5 Å². The van der Waals surface area contributed by atoms with Gasteiger partial charge in [0.05, 0.1) is 0 Å². The number of likely N-dealkylation sites (tertiary alicyclic amines) is 2. The van der Waals surface area contributed by atoms with Crippen molar-refractivity contribution in [1.29, 1.82) is 0 Å². The van der Waals surface area contributed by atoms with E-state index in [0.29, 0.717) is 38.2 Å². The molecule has 0 saturated carbocycles. The van der Waals surface area contributed by atoms with Crippen LogP contribution >= 0.6 is 0 Å². The van der Waals surface area contributed by atoms with Gasteiger partial charge in [-0.3, -0.25) is 0 Å². The third-order valence-electron chi connectivity index (χ3n) is 5.30. The molecule has 1 aromatic rings. The molecule has 7 heteroatoms. The predicted octanol–water partition coefficient (Wildman–Crippen LogP) is 3.39. The fourth-order valence-electron chi connectivity index (χ4n) is 3.71. The van der Waals surface area contributed by atoms with E-state index in [2.05, 4.69) is 10.2 Å². The smallest absolute Gasteiger partial charge is 0.317 e. The molecule has 0 aromatic heterocycles. The van der Waals surface area contributed by atoms with Crippen LogP contribution in [-0.4, -0.2) is 61.2 Å². The Kier molecular flexibility index (Phi) is 7.26. The zero-order chi connectivity index (χ0) is 19.1. The highest BCUT2D eigenvalue weighted by molar-refractivity contribution is 5.74. The molecule has 27 heavy (non-hydrogen) atoms. The monoisotopic (exact) mass is 381 g/mol. The molecule has 5 nitrogen and oxygen atoms in total. The van der Waals surface area contributed by atoms with Crippen molar-refractivity contribution in [3.8, 4) is 5.75 Å². The first-order valence-corrected chi connectivity index (χ1v) is 9.98. The minimum atomic E-state index is -0.908. The maximum absolute atomic E-state index is 13.2. The Labute approximate surface area is 159 Å². The van der Waals surface area contributed by atoms with E-state index < -0.39 is 11.6 Å². The summed E-state index contributed by atoms with van der Waals surface area (Å²) in [6, 6.07) is 3.54. The Morgan fingerprint density at radius 2 is 1.81 bits per heavy atom. The number of nitrogens with one attached hydrogen (secondary N) is 1. The zero-order valence-electron chi connectivity index (χ0n) is 15.8. The number of amides is 2. The van der Waals surface area contributed by atoms with Crippen LogP contribution in [0.3, 0.4) is 0 Å². The minimum Gasteiger partial charge on any atom is -0.490 e. The lowest BCUT2D eigenvalue weighted by atomic mass is 10.1. The molecule has 2 aliphatic heterocycles. The van der Waals surface area contributed by atoms with E-state index in [1.54, 1.807) is 4.90 Å². The highest BCUT2D eigenvalue weighted by atomic mass is 19.2. The first-order valence-electron chi connectivity index (χ1n) is 9.98. The molecule has 0 radical (unpaired) electrons. The summed E-state index contributed by atoms with van der Waals surface area (Å²) in [6.45, 7) is 5.31. The number of piperidine rings is 2. The molecule has 1 aromatic carbocycles. The van der Waals surface area contributed by atoms with Gasteiger partial charge in [0.2, 0.25) is 0 Å². The second kappa shape index (κ2) is 9.88. The second-order valence-electron chi connectivity index (χ2n) is 7.37. The van der Waals surface area contributed by atoms with Gasteiger partial charge in [-0.1, -0.05) is 6.42 Å². The van der Waals surface area contributed by atoms with Gasteiger partial charge in [-0.2, -0.15) is 0 Å². The van der Waals surface area contributed by atoms with E-state index in [9.17, 15) is 13.6 Å². The Bertz CT molecular complexity index is 615. The largest absolute Gasteiger partial charge is 0.490 e. The molecule has 0 aliphatic carbocycles. The first-order chi connectivity index (χ1) is 13.1. The molecular weight excluding hydrogens is 352 g/mol. The number of urea groups is 1. The summed E-state index contributed by atoms with van der Waals surface area (Å²) in [7, 11) is 0. The number of rotatable bonds is 6. The van der Waals surface area contributed by atoms with Crippen LogP contribution in [0.5, 0.6) is 5.75 Å². The van der Waals surface area contributed by atoms with Crippen LogP contribution in [-0.2, 0) is 0 Å². The summed E-state index contributed by atoms with van der Waals surface area (Å²) in [5.74, 6) is -1.46. The summed E-state index contributed by atoms with van der Waals surface area (Å²) in [6.07, 6.45) is 6.16. The Hall–Kier alpha value is -1.89. The quantitative estimate of drug-likeness (QED) is 0.769. The minimum absolute atomic E-state index is 0.0279. The molecule has 2 heterocycles. The van der Waals surface area contributed by atoms with Crippen molar-refractivity contribution >= 4 is 6.03 Å². The molecule has 0 bridgehead atoms. The number of carbonyl (C=O) groups excluding carboxylic acids is 1. The summed E-state index contributed by atoms with van der Waals surface area (Å²) in [4.78, 5) is 16.5. The van der Waals surface area contributed by atoms with Crippen molar-refractivity contribution in [2.75, 3.05) is 39.3 Å². The van der Waals surface area contributed by atoms with Crippen LogP contribution in [0.25, 0.3) is 0 Å². The lowest BCUT2D eigenvalue weighted by Crippen LogP contribution is -2.47. The van der Waals surface area contributed by atoms with E-state index >= 15 is 0 Å². The van der Waals surface area contributed by atoms with Gasteiger partial charge in [-0.25, -0.2) is 13.6 Å². The number of benzene rings is 1. The number of carbonyl (C=O) groups is 1. The van der Waals surface area contributed by atoms with E-state index in [1.807, 2.05) is 0 Å². The standard InChI is InChI=1S/C20H29F2N3O2/c21-18-6-5-17(15-19(18)22)27-16-7-13-25(14-8-16)20(26)23-9-4-12-24-10-2-1-3-11-24/h5-6,15-16H,1-4,7-14H2,(H,23,26). The molecule has 0 atom stereocenters. The van der Waals surface area contributed by atoms with Gasteiger partial charge in [-0.15, -0.1) is 0 Å². The van der Waals surface area contributed by atoms with Crippen molar-refractivity contribution in [3.63, 3.8) is 0 Å². The molecule has 2 fully saturated rings. The van der Waals surface area contributed by atoms with Crippen LogP contribution < -0.4 is 10.1 Å². The lowest BCUT2D eigenvalue weighted by Gasteiger charge is -2.32. The summed E-state index contributed by atoms with van der Waals surface area (Å²) in [5.41, 5.74) is 0. The Balaban J connectivity index is 1.32. The van der Waals surface area contributed by atoms with Gasteiger partial charge in [-0.05, 0) is 51.0 Å². The van der Waals surface area contributed by atoms with Crippen molar-refractivity contribution in [3.05, 3.63) is 29.8 Å². The molecule has 0 spiro atoms. The van der Waals surface area contributed by atoms with Gasteiger partial charge in [0.1, 0.15) is 11.9 Å². The van der Waals surface area contributed by atoms with Crippen LogP contribution in [0.2, 0.25) is 0 Å². The van der Waals surface area contributed by atoms with Crippen LogP contribution in [0, 0.1) is 11.6 Å². The summed E-state index contributed by atoms with van der Waals surface area (Å²) >= 11 is 0. The van der Waals surface area contributed by atoms with E-state index in [-0.39, 0.29) is 12.1 Å². The average molecular weight is 381 g/mol. The number of hydrogen-bond acceptors (Lipinski definition) is 3. The molecule has 2 aliphatic rings. The SMILES string of the molecule is O=C(NCCCN1CCCCC1)N1CCC(Oc2ccc(F)c(F)c2)CC1. The average Bonchev–Trinajstić information content (AvgIpc) is 2.69. The molecule has 2 amide bonds. The molecule has 150 valence electrons. The highest BCUT2D eigenvalue weighted by Crippen LogP contribution is 2.21. The van der Waals surface area contributed by atoms with Crippen LogP contribution in [0.1, 0.15) is 38.5 Å². The number of hydrogen-bond donors (Lipinski definition) is 1. The highest BCUT2D eigenvalue weighted by Gasteiger charge is 2.24. The maximum Gasteiger partial charge on any atom is 0.317 e. The first kappa shape index (κ1) is 19.9. The van der Waals surface area contributed by atoms with E-state index in [1.165, 1.54) is 38.4 Å². The van der Waals surface area contributed by atoms with Gasteiger partial charge in [0.25, 0.3) is 0 Å². The normalized spacial score (nSPS) is 19.1. The van der Waals surface area contributed by atoms with Gasteiger partial charge >= 0.3 is 6.03 Å². The van der Waals surface area contributed by atoms with Crippen LogP contribution in [0.4, 0.5) is 13.6 Å². The van der Waals surface area contributed by atoms with Crippen molar-refractivity contribution in [1.82, 2.24) is 15.1 Å². The van der Waals surface area contributed by atoms with Crippen LogP contribution in [0.15, 0.2) is 18.2 Å². The Morgan fingerprint density at radius 1 is 1.07 bits per heavy atom. The second-order valence-corrected chi connectivity index (χ2v) is 7.37. The predicted molar refractivity (Wildman–Crippen MR) is 99.9 cm³/mol. The zero-order valence-corrected chi connectivity index (χ0v) is 15.8. The van der Waals surface area contributed by atoms with Crippen molar-refractivity contribution < 1.29 is 18.3 Å². The topological polar surface area (TPSA) is 44.8 Å². The fourth-order valence-corrected chi connectivity index (χ4v) is 3.71. The molecule has 1 N–H and O–H groups in total. The summed E-state index contributed by atoms with van der Waals surface area (Å²) < 4.78 is 31.9. The number of halogens is 2. The van der Waals surface area contributed by atoms with Crippen molar-refractivity contribution in [2.45, 2.75) is 44.6 Å². The van der Waals surface area contributed by atoms with E-state index in [4.69, 9.17) is 4.74 Å². The maximum atomic E-state index is 13.2. The fraction of sp³-hybridized carbons (Fsp3) is 0.650. The molecule has 0 unspecified atom stereocenters. The lowest BCUT2D eigenvalue weighted by molar-refractivity contribution is 0.110. The summed E-state index contributed by atoms with van der Waals surface area (Å²) in [5, 5.41) is 3.00. The Morgan fingerprint density at radius 3 is 2.52 bits per heavy atom. The molecular formula is C20H29F2N3O2. The third-order valence-corrected chi connectivity index (χ3v) is 5.30. The van der Waals surface area contributed by atoms with Gasteiger partial charge in [0.15, 0.2) is 11.6 Å². The number of nitrogens with zero attached hydrogens (tertiary/aromatic N) is 2. The number of ether oxygens (including phenoxy) is 1. The van der Waals surface area contributed by atoms with Gasteiger partial charge < -0.3 is 19.9 Å². The molecule has 2 saturated heterocycles. The third kappa shape index (κ3) is 6.06. The molecule has 3 rings (SSSR count). The van der Waals surface area contributed by atoms with E-state index in [0.717, 1.165) is 25.1 Å². The van der Waals surface area contributed by atoms with Crippen molar-refractivity contribution in [2.24, 2.45) is 0 Å².